The predicted molar refractivity (Wildman–Crippen MR) is 85.3 cm³/mol. The van der Waals surface area contributed by atoms with Gasteiger partial charge in [0.2, 0.25) is 0 Å². The van der Waals surface area contributed by atoms with E-state index in [-0.39, 0.29) is 0 Å². The average Bonchev–Trinajstić information content (AvgIpc) is 3.08. The number of rotatable bonds is 4. The topological polar surface area (TPSA) is 28.2 Å². The second-order valence-electron chi connectivity index (χ2n) is 6.10. The lowest BCUT2D eigenvalue weighted by Gasteiger charge is -2.30. The number of nitrogens with zero attached hydrogens (tertiary/aromatic N) is 2. The summed E-state index contributed by atoms with van der Waals surface area (Å²) >= 11 is 5.63. The van der Waals surface area contributed by atoms with E-state index < -0.39 is 0 Å². The number of nitrogens with one attached hydrogen (secondary N) is 1. The van der Waals surface area contributed by atoms with E-state index in [9.17, 15) is 0 Å². The third-order valence-electron chi connectivity index (χ3n) is 4.84. The lowest BCUT2D eigenvalue weighted by atomic mass is 9.95. The molecule has 0 spiro atoms. The molecular formula is C16H23N3S. The number of fused-ring (bicyclic) bond motifs is 2. The van der Waals surface area contributed by atoms with Gasteiger partial charge in [0.15, 0.2) is 5.11 Å². The number of thiocarbonyl (C=S) groups is 1. The van der Waals surface area contributed by atoms with Crippen molar-refractivity contribution in [2.75, 3.05) is 6.54 Å². The molecule has 1 heterocycles. The minimum atomic E-state index is 0.618. The first-order valence-electron chi connectivity index (χ1n) is 7.70. The van der Waals surface area contributed by atoms with Crippen molar-refractivity contribution in [1.82, 2.24) is 15.2 Å². The lowest BCUT2D eigenvalue weighted by Crippen LogP contribution is -2.46. The molecule has 2 saturated carbocycles. The van der Waals surface area contributed by atoms with E-state index in [1.807, 2.05) is 12.4 Å². The zero-order valence-corrected chi connectivity index (χ0v) is 12.9. The lowest BCUT2D eigenvalue weighted by molar-refractivity contribution is 0.361. The Balaban J connectivity index is 1.57. The molecular weight excluding hydrogens is 266 g/mol. The molecule has 1 aromatic rings. The summed E-state index contributed by atoms with van der Waals surface area (Å²) in [6.45, 7) is 3.97. The minimum absolute atomic E-state index is 0.618. The molecule has 108 valence electrons. The van der Waals surface area contributed by atoms with Gasteiger partial charge in [-0.2, -0.15) is 0 Å². The molecule has 0 aromatic carbocycles. The Labute approximate surface area is 126 Å². The summed E-state index contributed by atoms with van der Waals surface area (Å²) in [5.41, 5.74) is 1.26. The summed E-state index contributed by atoms with van der Waals surface area (Å²) in [7, 11) is 0. The Kier molecular flexibility index (Phi) is 4.20. The molecule has 0 radical (unpaired) electrons. The molecule has 2 aliphatic carbocycles. The largest absolute Gasteiger partial charge is 0.360 e. The van der Waals surface area contributed by atoms with Crippen molar-refractivity contribution in [2.24, 2.45) is 11.8 Å². The van der Waals surface area contributed by atoms with Crippen molar-refractivity contribution in [2.45, 2.75) is 45.2 Å². The second kappa shape index (κ2) is 6.08. The van der Waals surface area contributed by atoms with Crippen LogP contribution >= 0.6 is 12.2 Å². The van der Waals surface area contributed by atoms with E-state index in [4.69, 9.17) is 12.2 Å². The van der Waals surface area contributed by atoms with Crippen LogP contribution in [0.15, 0.2) is 24.5 Å². The summed E-state index contributed by atoms with van der Waals surface area (Å²) in [6, 6.07) is 4.73. The molecule has 0 amide bonds. The Hall–Kier alpha value is -1.16. The Morgan fingerprint density at radius 2 is 2.15 bits per heavy atom. The molecule has 1 N–H and O–H groups in total. The molecule has 3 rings (SSSR count). The van der Waals surface area contributed by atoms with Gasteiger partial charge in [-0.3, -0.25) is 4.98 Å². The van der Waals surface area contributed by atoms with Crippen LogP contribution in [0.5, 0.6) is 0 Å². The van der Waals surface area contributed by atoms with Crippen LogP contribution in [-0.4, -0.2) is 27.6 Å². The van der Waals surface area contributed by atoms with Crippen molar-refractivity contribution in [3.63, 3.8) is 0 Å². The van der Waals surface area contributed by atoms with Crippen LogP contribution in [0.3, 0.4) is 0 Å². The highest BCUT2D eigenvalue weighted by Crippen LogP contribution is 2.44. The maximum atomic E-state index is 5.63. The SMILES string of the molecule is CCN(Cc1ccncc1)C(=S)N[C@H]1C[C@H]2CC[C@H]1C2. The normalized spacial score (nSPS) is 27.6. The molecule has 2 bridgehead atoms. The van der Waals surface area contributed by atoms with Gasteiger partial charge in [0, 0.05) is 31.5 Å². The molecule has 4 heteroatoms. The summed E-state index contributed by atoms with van der Waals surface area (Å²) in [5.74, 6) is 1.81. The van der Waals surface area contributed by atoms with Crippen molar-refractivity contribution >= 4 is 17.3 Å². The van der Waals surface area contributed by atoms with Gasteiger partial charge in [-0.05, 0) is 67.9 Å². The number of hydrogen-bond donors (Lipinski definition) is 1. The van der Waals surface area contributed by atoms with Crippen LogP contribution in [0.25, 0.3) is 0 Å². The first-order chi connectivity index (χ1) is 9.76. The standard InChI is InChI=1S/C16H23N3S/c1-2-19(11-12-5-7-17-8-6-12)16(20)18-15-10-13-3-4-14(15)9-13/h5-8,13-15H,2-4,9-11H2,1H3,(H,18,20)/t13-,14-,15-/m0/s1. The van der Waals surface area contributed by atoms with Crippen molar-refractivity contribution in [3.05, 3.63) is 30.1 Å². The molecule has 3 nitrogen and oxygen atoms in total. The highest BCUT2D eigenvalue weighted by atomic mass is 32.1. The van der Waals surface area contributed by atoms with Crippen LogP contribution in [0.4, 0.5) is 0 Å². The summed E-state index contributed by atoms with van der Waals surface area (Å²) < 4.78 is 0. The smallest absolute Gasteiger partial charge is 0.169 e. The van der Waals surface area contributed by atoms with E-state index in [0.29, 0.717) is 6.04 Å². The molecule has 0 unspecified atom stereocenters. The van der Waals surface area contributed by atoms with Gasteiger partial charge in [-0.1, -0.05) is 6.42 Å². The molecule has 1 aromatic heterocycles. The van der Waals surface area contributed by atoms with Gasteiger partial charge in [-0.15, -0.1) is 0 Å². The van der Waals surface area contributed by atoms with Crippen LogP contribution < -0.4 is 5.32 Å². The van der Waals surface area contributed by atoms with Crippen molar-refractivity contribution < 1.29 is 0 Å². The van der Waals surface area contributed by atoms with Gasteiger partial charge in [0.1, 0.15) is 0 Å². The zero-order valence-electron chi connectivity index (χ0n) is 12.1. The van der Waals surface area contributed by atoms with Crippen LogP contribution in [-0.2, 0) is 6.54 Å². The van der Waals surface area contributed by atoms with E-state index in [1.165, 1.54) is 31.2 Å². The molecule has 2 aliphatic rings. The highest BCUT2D eigenvalue weighted by molar-refractivity contribution is 7.80. The average molecular weight is 289 g/mol. The molecule has 20 heavy (non-hydrogen) atoms. The zero-order chi connectivity index (χ0) is 13.9. The molecule has 0 aliphatic heterocycles. The fourth-order valence-electron chi connectivity index (χ4n) is 3.71. The highest BCUT2D eigenvalue weighted by Gasteiger charge is 2.39. The first kappa shape index (κ1) is 13.8. The Morgan fingerprint density at radius 1 is 1.35 bits per heavy atom. The minimum Gasteiger partial charge on any atom is -0.360 e. The van der Waals surface area contributed by atoms with E-state index in [2.05, 4.69) is 34.3 Å². The summed E-state index contributed by atoms with van der Waals surface area (Å²) in [6.07, 6.45) is 9.24. The van der Waals surface area contributed by atoms with Gasteiger partial charge in [0.25, 0.3) is 0 Å². The quantitative estimate of drug-likeness (QED) is 0.863. The Bertz CT molecular complexity index is 462. The maximum Gasteiger partial charge on any atom is 0.169 e. The van der Waals surface area contributed by atoms with Gasteiger partial charge < -0.3 is 10.2 Å². The van der Waals surface area contributed by atoms with Crippen molar-refractivity contribution in [1.29, 1.82) is 0 Å². The van der Waals surface area contributed by atoms with E-state index in [1.54, 1.807) is 0 Å². The fraction of sp³-hybridized carbons (Fsp3) is 0.625. The third-order valence-corrected chi connectivity index (χ3v) is 5.21. The number of aromatic nitrogens is 1. The molecule has 0 saturated heterocycles. The number of hydrogen-bond acceptors (Lipinski definition) is 2. The van der Waals surface area contributed by atoms with Crippen molar-refractivity contribution in [3.8, 4) is 0 Å². The van der Waals surface area contributed by atoms with Crippen LogP contribution in [0, 0.1) is 11.8 Å². The molecule has 3 atom stereocenters. The second-order valence-corrected chi connectivity index (χ2v) is 6.49. The first-order valence-corrected chi connectivity index (χ1v) is 8.11. The van der Waals surface area contributed by atoms with Gasteiger partial charge >= 0.3 is 0 Å². The maximum absolute atomic E-state index is 5.63. The van der Waals surface area contributed by atoms with Crippen LogP contribution in [0.1, 0.15) is 38.2 Å². The number of pyridine rings is 1. The van der Waals surface area contributed by atoms with E-state index in [0.717, 1.165) is 30.0 Å². The predicted octanol–water partition coefficient (Wildman–Crippen LogP) is 2.97. The summed E-state index contributed by atoms with van der Waals surface area (Å²) in [5, 5.41) is 4.54. The van der Waals surface area contributed by atoms with E-state index >= 15 is 0 Å². The monoisotopic (exact) mass is 289 g/mol. The third kappa shape index (κ3) is 2.95. The Morgan fingerprint density at radius 3 is 2.75 bits per heavy atom. The molecule has 2 fully saturated rings. The summed E-state index contributed by atoms with van der Waals surface area (Å²) in [4.78, 5) is 6.31. The van der Waals surface area contributed by atoms with Crippen LogP contribution in [0.2, 0.25) is 0 Å². The fourth-order valence-corrected chi connectivity index (χ4v) is 4.05. The van der Waals surface area contributed by atoms with Gasteiger partial charge in [-0.25, -0.2) is 0 Å². The van der Waals surface area contributed by atoms with Gasteiger partial charge in [0.05, 0.1) is 0 Å².